The van der Waals surface area contributed by atoms with Crippen LogP contribution in [0.15, 0.2) is 164 Å². The number of hydrogen-bond acceptors (Lipinski definition) is 1. The first-order chi connectivity index (χ1) is 22.6. The Balaban J connectivity index is 1.22. The van der Waals surface area contributed by atoms with Gasteiger partial charge < -0.3 is 4.90 Å². The quantitative estimate of drug-likeness (QED) is 0.280. The summed E-state index contributed by atoms with van der Waals surface area (Å²) in [5.74, 6) is 0.534. The second-order valence-electron chi connectivity index (χ2n) is 12.8. The standard InChI is InChI=1S/C42H39Cl2N2/c1-3-45-36(32-17-9-15-30-34(43)21-25-38(45)41(30)32)23-19-28-13-8-14-29(40(28)27-11-6-5-7-12-27)20-24-37-33-18-10-16-31-35(44)22-26-39(42(31)33)46(37)4-2/h5-7,9-12,15,17-26,30,39,41H,3-4,8,13-14,16H2,1-2H3/q+1. The lowest BCUT2D eigenvalue weighted by Gasteiger charge is -2.28. The minimum absolute atomic E-state index is 0.230. The zero-order chi connectivity index (χ0) is 31.4. The van der Waals surface area contributed by atoms with Crippen LogP contribution in [-0.4, -0.2) is 34.3 Å². The molecule has 1 fully saturated rings. The van der Waals surface area contributed by atoms with Crippen molar-refractivity contribution in [1.29, 1.82) is 0 Å². The van der Waals surface area contributed by atoms with Crippen LogP contribution in [-0.2, 0) is 0 Å². The SMILES string of the molecule is CCN1C2=CC=C(Cl)C3C=CC=C(/C1=C\C=C1/CCCC(/C=C/C4=[N+](CC)C5C=CC(Cl)=C6CC=CC4=C65)=C1c1ccccc1)C23. The van der Waals surface area contributed by atoms with Gasteiger partial charge in [-0.15, -0.1) is 0 Å². The molecule has 2 heterocycles. The molecular weight excluding hydrogens is 603 g/mol. The predicted octanol–water partition coefficient (Wildman–Crippen LogP) is 10.2. The minimum Gasteiger partial charge on any atom is -0.344 e. The lowest BCUT2D eigenvalue weighted by atomic mass is 9.79. The van der Waals surface area contributed by atoms with E-state index in [2.05, 4.69) is 133 Å². The Morgan fingerprint density at radius 2 is 1.83 bits per heavy atom. The fraction of sp³-hybridized carbons (Fsp3) is 0.262. The molecule has 2 aliphatic heterocycles. The van der Waals surface area contributed by atoms with Gasteiger partial charge in [0.2, 0.25) is 5.71 Å². The van der Waals surface area contributed by atoms with Crippen LogP contribution < -0.4 is 0 Å². The molecule has 2 nitrogen and oxygen atoms in total. The van der Waals surface area contributed by atoms with E-state index in [1.807, 2.05) is 0 Å². The Kier molecular flexibility index (Phi) is 7.75. The number of nitrogens with zero attached hydrogens (tertiary/aromatic N) is 2. The highest BCUT2D eigenvalue weighted by molar-refractivity contribution is 6.32. The maximum Gasteiger partial charge on any atom is 0.208 e. The third-order valence-electron chi connectivity index (χ3n) is 10.5. The molecule has 0 bridgehead atoms. The summed E-state index contributed by atoms with van der Waals surface area (Å²) in [7, 11) is 0. The summed E-state index contributed by atoms with van der Waals surface area (Å²) in [6.07, 6.45) is 33.7. The topological polar surface area (TPSA) is 6.25 Å². The van der Waals surface area contributed by atoms with Gasteiger partial charge in [0.15, 0.2) is 6.04 Å². The van der Waals surface area contributed by atoms with E-state index >= 15 is 0 Å². The lowest BCUT2D eigenvalue weighted by Crippen LogP contribution is -2.27. The second kappa shape index (κ2) is 12.1. The van der Waals surface area contributed by atoms with Crippen molar-refractivity contribution in [2.24, 2.45) is 11.8 Å². The number of halogens is 2. The van der Waals surface area contributed by atoms with Crippen molar-refractivity contribution < 1.29 is 4.58 Å². The highest BCUT2D eigenvalue weighted by Gasteiger charge is 2.43. The third kappa shape index (κ3) is 4.72. The maximum absolute atomic E-state index is 6.71. The van der Waals surface area contributed by atoms with E-state index < -0.39 is 0 Å². The van der Waals surface area contributed by atoms with Crippen molar-refractivity contribution >= 4 is 34.5 Å². The smallest absolute Gasteiger partial charge is 0.208 e. The summed E-state index contributed by atoms with van der Waals surface area (Å²) >= 11 is 13.4. The van der Waals surface area contributed by atoms with Crippen LogP contribution in [0, 0.1) is 11.8 Å². The van der Waals surface area contributed by atoms with E-state index in [1.54, 1.807) is 0 Å². The van der Waals surface area contributed by atoms with E-state index in [-0.39, 0.29) is 12.0 Å². The van der Waals surface area contributed by atoms with Crippen molar-refractivity contribution in [2.45, 2.75) is 45.6 Å². The molecule has 5 aliphatic carbocycles. The highest BCUT2D eigenvalue weighted by Crippen LogP contribution is 2.51. The van der Waals surface area contributed by atoms with Gasteiger partial charge in [-0.2, -0.15) is 0 Å². The Morgan fingerprint density at radius 3 is 2.65 bits per heavy atom. The zero-order valence-corrected chi connectivity index (χ0v) is 28.0. The van der Waals surface area contributed by atoms with Crippen LogP contribution >= 0.6 is 23.2 Å². The molecule has 0 amide bonds. The van der Waals surface area contributed by atoms with Crippen molar-refractivity contribution in [1.82, 2.24) is 4.90 Å². The molecule has 7 aliphatic rings. The largest absolute Gasteiger partial charge is 0.344 e. The molecule has 1 aromatic rings. The third-order valence-corrected chi connectivity index (χ3v) is 11.3. The molecule has 1 aromatic carbocycles. The molecule has 46 heavy (non-hydrogen) atoms. The predicted molar refractivity (Wildman–Crippen MR) is 194 cm³/mol. The first-order valence-corrected chi connectivity index (χ1v) is 17.6. The summed E-state index contributed by atoms with van der Waals surface area (Å²) in [5, 5.41) is 1.81. The second-order valence-corrected chi connectivity index (χ2v) is 13.7. The Bertz CT molecular complexity index is 1930. The Labute approximate surface area is 283 Å². The van der Waals surface area contributed by atoms with Gasteiger partial charge in [0, 0.05) is 51.5 Å². The Morgan fingerprint density at radius 1 is 0.957 bits per heavy atom. The van der Waals surface area contributed by atoms with E-state index in [4.69, 9.17) is 23.2 Å². The van der Waals surface area contributed by atoms with Gasteiger partial charge in [-0.1, -0.05) is 96.1 Å². The van der Waals surface area contributed by atoms with E-state index in [0.29, 0.717) is 5.92 Å². The minimum atomic E-state index is 0.230. The molecule has 3 unspecified atom stereocenters. The number of rotatable bonds is 6. The number of benzene rings is 1. The molecule has 0 radical (unpaired) electrons. The summed E-state index contributed by atoms with van der Waals surface area (Å²) in [4.78, 5) is 2.48. The fourth-order valence-corrected chi connectivity index (χ4v) is 9.04. The van der Waals surface area contributed by atoms with Crippen molar-refractivity contribution in [3.8, 4) is 0 Å². The number of likely N-dealkylation sites (tertiary alicyclic amines) is 1. The van der Waals surface area contributed by atoms with Gasteiger partial charge >= 0.3 is 0 Å². The molecule has 230 valence electrons. The van der Waals surface area contributed by atoms with Crippen molar-refractivity contribution in [2.75, 3.05) is 13.1 Å². The molecule has 0 aromatic heterocycles. The number of hydrogen-bond donors (Lipinski definition) is 0. The van der Waals surface area contributed by atoms with E-state index in [9.17, 15) is 0 Å². The van der Waals surface area contributed by atoms with Crippen molar-refractivity contribution in [3.05, 3.63) is 170 Å². The van der Waals surface area contributed by atoms with Gasteiger partial charge in [0.05, 0.1) is 5.57 Å². The molecular formula is C42H39Cl2N2+. The zero-order valence-electron chi connectivity index (χ0n) is 26.5. The number of allylic oxidation sites excluding steroid dienone is 20. The average Bonchev–Trinajstić information content (AvgIpc) is 3.58. The molecule has 4 heteroatoms. The van der Waals surface area contributed by atoms with Crippen LogP contribution in [0.3, 0.4) is 0 Å². The van der Waals surface area contributed by atoms with Crippen LogP contribution in [0.1, 0.15) is 45.1 Å². The summed E-state index contributed by atoms with van der Waals surface area (Å²) in [6, 6.07) is 11.2. The molecule has 0 N–H and O–H groups in total. The fourth-order valence-electron chi connectivity index (χ4n) is 8.53. The monoisotopic (exact) mass is 641 g/mol. The first kappa shape index (κ1) is 29.5. The first-order valence-electron chi connectivity index (χ1n) is 16.8. The van der Waals surface area contributed by atoms with Crippen LogP contribution in [0.2, 0.25) is 0 Å². The van der Waals surface area contributed by atoms with Gasteiger partial charge in [-0.3, -0.25) is 0 Å². The van der Waals surface area contributed by atoms with Crippen LogP contribution in [0.5, 0.6) is 0 Å². The summed E-state index contributed by atoms with van der Waals surface area (Å²) < 4.78 is 2.53. The van der Waals surface area contributed by atoms with Crippen LogP contribution in [0.4, 0.5) is 0 Å². The molecule has 0 spiro atoms. The van der Waals surface area contributed by atoms with E-state index in [0.717, 1.165) is 48.8 Å². The highest BCUT2D eigenvalue weighted by atomic mass is 35.5. The van der Waals surface area contributed by atoms with Gasteiger partial charge in [0.25, 0.3) is 0 Å². The molecule has 1 saturated heterocycles. The molecule has 8 rings (SSSR count). The maximum atomic E-state index is 6.71. The van der Waals surface area contributed by atoms with Gasteiger partial charge in [-0.25, -0.2) is 4.58 Å². The van der Waals surface area contributed by atoms with E-state index in [1.165, 1.54) is 61.7 Å². The van der Waals surface area contributed by atoms with Crippen molar-refractivity contribution in [3.63, 3.8) is 0 Å². The normalized spacial score (nSPS) is 28.2. The van der Waals surface area contributed by atoms with Gasteiger partial charge in [0.1, 0.15) is 6.54 Å². The molecule has 3 atom stereocenters. The lowest BCUT2D eigenvalue weighted by molar-refractivity contribution is -0.537. The molecule has 0 saturated carbocycles. The van der Waals surface area contributed by atoms with Crippen LogP contribution in [0.25, 0.3) is 5.57 Å². The average molecular weight is 643 g/mol. The van der Waals surface area contributed by atoms with Gasteiger partial charge in [-0.05, 0) is 103 Å². The summed E-state index contributed by atoms with van der Waals surface area (Å²) in [5.41, 5.74) is 14.8. The Hall–Kier alpha value is -3.85. The summed E-state index contributed by atoms with van der Waals surface area (Å²) in [6.45, 7) is 6.38. The number of likely N-dealkylation sites (N-methyl/N-ethyl adjacent to an activating group) is 2.